The number of nitrogens with zero attached hydrogens (tertiary/aromatic N) is 2. The molecule has 1 aromatic rings. The van der Waals surface area contributed by atoms with E-state index in [1.807, 2.05) is 12.1 Å². The summed E-state index contributed by atoms with van der Waals surface area (Å²) >= 11 is 0. The number of halogens is 1. The fourth-order valence-electron chi connectivity index (χ4n) is 2.77. The Morgan fingerprint density at radius 2 is 1.81 bits per heavy atom. The Kier molecular flexibility index (Phi) is 6.61. The molecule has 2 rings (SSSR count). The summed E-state index contributed by atoms with van der Waals surface area (Å²) in [7, 11) is 0. The van der Waals surface area contributed by atoms with Crippen LogP contribution in [0.3, 0.4) is 0 Å². The predicted molar refractivity (Wildman–Crippen MR) is 85.8 cm³/mol. The highest BCUT2D eigenvalue weighted by Crippen LogP contribution is 2.14. The minimum Gasteiger partial charge on any atom is -0.313 e. The van der Waals surface area contributed by atoms with Crippen molar-refractivity contribution in [3.8, 4) is 0 Å². The molecular weight excluding hydrogens is 265 g/mol. The summed E-state index contributed by atoms with van der Waals surface area (Å²) in [5.41, 5.74) is 2.00. The van der Waals surface area contributed by atoms with Crippen LogP contribution in [0.4, 0.5) is 4.39 Å². The molecule has 118 valence electrons. The first kappa shape index (κ1) is 16.4. The second kappa shape index (κ2) is 8.47. The third kappa shape index (κ3) is 5.06. The zero-order valence-electron chi connectivity index (χ0n) is 13.4. The van der Waals surface area contributed by atoms with Crippen molar-refractivity contribution in [2.45, 2.75) is 33.4 Å². The number of piperazine rings is 1. The van der Waals surface area contributed by atoms with E-state index in [1.165, 1.54) is 5.56 Å². The van der Waals surface area contributed by atoms with E-state index in [9.17, 15) is 4.39 Å². The van der Waals surface area contributed by atoms with Crippen molar-refractivity contribution in [1.29, 1.82) is 0 Å². The molecule has 1 saturated heterocycles. The highest BCUT2D eigenvalue weighted by Gasteiger charge is 2.16. The van der Waals surface area contributed by atoms with Crippen LogP contribution in [0.1, 0.15) is 31.4 Å². The number of benzene rings is 1. The summed E-state index contributed by atoms with van der Waals surface area (Å²) in [5.74, 6) is -0.0767. The average Bonchev–Trinajstić information content (AvgIpc) is 2.51. The Balaban J connectivity index is 1.91. The van der Waals surface area contributed by atoms with E-state index >= 15 is 0 Å². The van der Waals surface area contributed by atoms with Crippen molar-refractivity contribution in [3.05, 3.63) is 35.1 Å². The molecular formula is C17H28FN3. The van der Waals surface area contributed by atoms with Crippen molar-refractivity contribution in [2.24, 2.45) is 0 Å². The number of hydrogen-bond acceptors (Lipinski definition) is 3. The second-order valence-electron chi connectivity index (χ2n) is 5.81. The van der Waals surface area contributed by atoms with Crippen LogP contribution in [0.25, 0.3) is 0 Å². The van der Waals surface area contributed by atoms with Gasteiger partial charge in [-0.1, -0.05) is 26.0 Å². The van der Waals surface area contributed by atoms with Gasteiger partial charge in [0, 0.05) is 44.8 Å². The van der Waals surface area contributed by atoms with Crippen LogP contribution in [0.2, 0.25) is 0 Å². The largest absolute Gasteiger partial charge is 0.313 e. The molecule has 1 aromatic carbocycles. The van der Waals surface area contributed by atoms with E-state index < -0.39 is 0 Å². The quantitative estimate of drug-likeness (QED) is 0.779. The molecule has 0 amide bonds. The minimum absolute atomic E-state index is 0.0767. The van der Waals surface area contributed by atoms with E-state index in [2.05, 4.69) is 29.0 Å². The van der Waals surface area contributed by atoms with Gasteiger partial charge in [0.05, 0.1) is 0 Å². The molecule has 1 aliphatic heterocycles. The van der Waals surface area contributed by atoms with Crippen LogP contribution in [-0.2, 0) is 13.1 Å². The van der Waals surface area contributed by atoms with Gasteiger partial charge in [-0.3, -0.25) is 4.90 Å². The average molecular weight is 293 g/mol. The summed E-state index contributed by atoms with van der Waals surface area (Å²) < 4.78 is 14.0. The SMILES string of the molecule is CCCNCc1ccc(F)c(CN2CCN(CC)CC2)c1. The molecule has 1 aliphatic rings. The molecule has 0 saturated carbocycles. The highest BCUT2D eigenvalue weighted by atomic mass is 19.1. The summed E-state index contributed by atoms with van der Waals surface area (Å²) in [6, 6.07) is 5.52. The van der Waals surface area contributed by atoms with Crippen LogP contribution < -0.4 is 5.32 Å². The summed E-state index contributed by atoms with van der Waals surface area (Å²) in [6.07, 6.45) is 1.12. The molecule has 1 heterocycles. The van der Waals surface area contributed by atoms with Gasteiger partial charge < -0.3 is 10.2 Å². The van der Waals surface area contributed by atoms with Gasteiger partial charge in [0.25, 0.3) is 0 Å². The van der Waals surface area contributed by atoms with Crippen LogP contribution >= 0.6 is 0 Å². The van der Waals surface area contributed by atoms with Gasteiger partial charge in [0.2, 0.25) is 0 Å². The van der Waals surface area contributed by atoms with E-state index in [-0.39, 0.29) is 5.82 Å². The summed E-state index contributed by atoms with van der Waals surface area (Å²) in [5, 5.41) is 3.37. The van der Waals surface area contributed by atoms with Crippen molar-refractivity contribution in [2.75, 3.05) is 39.3 Å². The maximum Gasteiger partial charge on any atom is 0.127 e. The molecule has 0 unspecified atom stereocenters. The molecule has 4 heteroatoms. The Morgan fingerprint density at radius 1 is 1.10 bits per heavy atom. The molecule has 3 nitrogen and oxygen atoms in total. The number of rotatable bonds is 7. The van der Waals surface area contributed by atoms with Crippen molar-refractivity contribution < 1.29 is 4.39 Å². The lowest BCUT2D eigenvalue weighted by molar-refractivity contribution is 0.131. The van der Waals surface area contributed by atoms with Crippen molar-refractivity contribution in [3.63, 3.8) is 0 Å². The molecule has 0 bridgehead atoms. The van der Waals surface area contributed by atoms with Crippen LogP contribution in [0.5, 0.6) is 0 Å². The molecule has 0 spiro atoms. The van der Waals surface area contributed by atoms with Crippen LogP contribution in [0, 0.1) is 5.82 Å². The van der Waals surface area contributed by atoms with E-state index in [0.29, 0.717) is 0 Å². The Bertz CT molecular complexity index is 428. The highest BCUT2D eigenvalue weighted by molar-refractivity contribution is 5.25. The second-order valence-corrected chi connectivity index (χ2v) is 5.81. The Morgan fingerprint density at radius 3 is 2.48 bits per heavy atom. The smallest absolute Gasteiger partial charge is 0.127 e. The van der Waals surface area contributed by atoms with Crippen molar-refractivity contribution in [1.82, 2.24) is 15.1 Å². The number of likely N-dealkylation sites (N-methyl/N-ethyl adjacent to an activating group) is 1. The fraction of sp³-hybridized carbons (Fsp3) is 0.647. The summed E-state index contributed by atoms with van der Waals surface area (Å²) in [6.45, 7) is 12.3. The van der Waals surface area contributed by atoms with Gasteiger partial charge in [-0.2, -0.15) is 0 Å². The molecule has 21 heavy (non-hydrogen) atoms. The lowest BCUT2D eigenvalue weighted by Crippen LogP contribution is -2.45. The zero-order valence-corrected chi connectivity index (χ0v) is 13.4. The first-order chi connectivity index (χ1) is 10.2. The molecule has 0 radical (unpaired) electrons. The van der Waals surface area contributed by atoms with Gasteiger partial charge in [0.15, 0.2) is 0 Å². The van der Waals surface area contributed by atoms with Crippen LogP contribution in [0.15, 0.2) is 18.2 Å². The van der Waals surface area contributed by atoms with E-state index in [0.717, 1.165) is 64.3 Å². The van der Waals surface area contributed by atoms with Gasteiger partial charge in [-0.15, -0.1) is 0 Å². The van der Waals surface area contributed by atoms with E-state index in [4.69, 9.17) is 0 Å². The topological polar surface area (TPSA) is 18.5 Å². The van der Waals surface area contributed by atoms with Gasteiger partial charge in [-0.25, -0.2) is 4.39 Å². The standard InChI is InChI=1S/C17H28FN3/c1-3-7-19-13-15-5-6-17(18)16(12-15)14-21-10-8-20(4-2)9-11-21/h5-6,12,19H,3-4,7-11,13-14H2,1-2H3. The number of hydrogen-bond donors (Lipinski definition) is 1. The van der Waals surface area contributed by atoms with Gasteiger partial charge in [0.1, 0.15) is 5.82 Å². The van der Waals surface area contributed by atoms with E-state index in [1.54, 1.807) is 6.07 Å². The fourth-order valence-corrected chi connectivity index (χ4v) is 2.77. The molecule has 0 atom stereocenters. The third-order valence-corrected chi connectivity index (χ3v) is 4.17. The Labute approximate surface area is 128 Å². The number of nitrogens with one attached hydrogen (secondary N) is 1. The van der Waals surface area contributed by atoms with Crippen LogP contribution in [-0.4, -0.2) is 49.1 Å². The maximum atomic E-state index is 14.0. The minimum atomic E-state index is -0.0767. The molecule has 1 fully saturated rings. The first-order valence-electron chi connectivity index (χ1n) is 8.15. The van der Waals surface area contributed by atoms with Crippen molar-refractivity contribution >= 4 is 0 Å². The Hall–Kier alpha value is -0.970. The lowest BCUT2D eigenvalue weighted by Gasteiger charge is -2.34. The lowest BCUT2D eigenvalue weighted by atomic mass is 10.1. The molecule has 0 aliphatic carbocycles. The predicted octanol–water partition coefficient (Wildman–Crippen LogP) is 2.46. The maximum absolute atomic E-state index is 14.0. The summed E-state index contributed by atoms with van der Waals surface area (Å²) in [4.78, 5) is 4.80. The third-order valence-electron chi connectivity index (χ3n) is 4.17. The molecule has 1 N–H and O–H groups in total. The van der Waals surface area contributed by atoms with Gasteiger partial charge in [-0.05, 0) is 31.1 Å². The molecule has 0 aromatic heterocycles. The first-order valence-corrected chi connectivity index (χ1v) is 8.15. The zero-order chi connectivity index (χ0) is 15.1. The van der Waals surface area contributed by atoms with Gasteiger partial charge >= 0.3 is 0 Å². The normalized spacial score (nSPS) is 17.3. The monoisotopic (exact) mass is 293 g/mol.